The maximum Gasteiger partial charge on any atom is 0.255 e. The van der Waals surface area contributed by atoms with Crippen LogP contribution in [0.1, 0.15) is 49.2 Å². The van der Waals surface area contributed by atoms with Crippen molar-refractivity contribution in [1.29, 1.82) is 0 Å². The molecule has 172 valence electrons. The minimum Gasteiger partial charge on any atom is -0.322 e. The molecule has 5 rings (SSSR count). The zero-order valence-electron chi connectivity index (χ0n) is 19.9. The van der Waals surface area contributed by atoms with Gasteiger partial charge in [0.15, 0.2) is 0 Å². The Labute approximate surface area is 201 Å². The number of amides is 1. The van der Waals surface area contributed by atoms with E-state index in [1.54, 1.807) is 0 Å². The van der Waals surface area contributed by atoms with Gasteiger partial charge in [-0.1, -0.05) is 55.0 Å². The number of fused-ring (bicyclic) bond motifs is 1. The molecule has 1 amide bonds. The van der Waals surface area contributed by atoms with E-state index in [2.05, 4.69) is 48.3 Å². The summed E-state index contributed by atoms with van der Waals surface area (Å²) in [7, 11) is 0. The number of pyridine rings is 1. The molecule has 1 aliphatic rings. The smallest absolute Gasteiger partial charge is 0.255 e. The number of carbonyl (C=O) groups is 1. The van der Waals surface area contributed by atoms with E-state index in [9.17, 15) is 4.79 Å². The first-order valence-corrected chi connectivity index (χ1v) is 12.2. The topological polar surface area (TPSA) is 45.2 Å². The quantitative estimate of drug-likeness (QED) is 0.360. The van der Waals surface area contributed by atoms with Crippen molar-refractivity contribution in [3.05, 3.63) is 96.2 Å². The average Bonchev–Trinajstić information content (AvgIpc) is 2.87. The highest BCUT2D eigenvalue weighted by molar-refractivity contribution is 6.05. The highest BCUT2D eigenvalue weighted by Crippen LogP contribution is 2.26. The lowest BCUT2D eigenvalue weighted by Gasteiger charge is -2.38. The molecular weight excluding hydrogens is 418 g/mol. The molecule has 1 aliphatic heterocycles. The molecule has 0 bridgehead atoms. The summed E-state index contributed by atoms with van der Waals surface area (Å²) in [5, 5.41) is 4.05. The van der Waals surface area contributed by atoms with Gasteiger partial charge in [-0.15, -0.1) is 0 Å². The number of anilines is 1. The molecule has 0 radical (unpaired) electrons. The van der Waals surface area contributed by atoms with Crippen LogP contribution in [0.15, 0.2) is 84.9 Å². The summed E-state index contributed by atoms with van der Waals surface area (Å²) in [6, 6.07) is 29.2. The molecule has 1 fully saturated rings. The normalized spacial score (nSPS) is 18.6. The lowest BCUT2D eigenvalue weighted by atomic mass is 9.97. The van der Waals surface area contributed by atoms with Gasteiger partial charge in [-0.05, 0) is 74.2 Å². The first-order chi connectivity index (χ1) is 16.6. The standard InChI is InChI=1S/C30H31N3O/c1-21-7-6-8-22(2)33(21)20-28-16-15-26-19-27(17-18-29(26)31-28)32-30(34)25-13-11-24(12-14-25)23-9-4-3-5-10-23/h3-5,9-19,21-22H,6-8,20H2,1-2H3,(H,32,34)/t21-,22+. The summed E-state index contributed by atoms with van der Waals surface area (Å²) >= 11 is 0. The van der Waals surface area contributed by atoms with Gasteiger partial charge in [0.25, 0.3) is 5.91 Å². The molecule has 0 aliphatic carbocycles. The van der Waals surface area contributed by atoms with Gasteiger partial charge >= 0.3 is 0 Å². The molecule has 2 heterocycles. The fraction of sp³-hybridized carbons (Fsp3) is 0.267. The summed E-state index contributed by atoms with van der Waals surface area (Å²) in [6.45, 7) is 5.53. The van der Waals surface area contributed by atoms with Crippen LogP contribution >= 0.6 is 0 Å². The zero-order chi connectivity index (χ0) is 23.5. The number of aromatic nitrogens is 1. The van der Waals surface area contributed by atoms with Gasteiger partial charge in [0.05, 0.1) is 11.2 Å². The van der Waals surface area contributed by atoms with Gasteiger partial charge in [0.1, 0.15) is 0 Å². The number of piperidine rings is 1. The van der Waals surface area contributed by atoms with E-state index in [0.717, 1.165) is 40.0 Å². The summed E-state index contributed by atoms with van der Waals surface area (Å²) in [5.74, 6) is -0.114. The van der Waals surface area contributed by atoms with E-state index in [1.807, 2.05) is 60.7 Å². The van der Waals surface area contributed by atoms with Crippen molar-refractivity contribution in [2.75, 3.05) is 5.32 Å². The highest BCUT2D eigenvalue weighted by atomic mass is 16.1. The molecule has 0 saturated carbocycles. The molecule has 1 saturated heterocycles. The maximum atomic E-state index is 12.8. The summed E-state index contributed by atoms with van der Waals surface area (Å²) in [4.78, 5) is 20.3. The maximum absolute atomic E-state index is 12.8. The Morgan fingerprint density at radius 2 is 1.59 bits per heavy atom. The van der Waals surface area contributed by atoms with Crippen LogP contribution in [0, 0.1) is 0 Å². The Balaban J connectivity index is 1.28. The van der Waals surface area contributed by atoms with Gasteiger partial charge in [0.2, 0.25) is 0 Å². The molecule has 4 heteroatoms. The highest BCUT2D eigenvalue weighted by Gasteiger charge is 2.24. The molecule has 2 atom stereocenters. The molecule has 0 unspecified atom stereocenters. The number of carbonyl (C=O) groups excluding carboxylic acids is 1. The Bertz CT molecular complexity index is 1270. The van der Waals surface area contributed by atoms with Crippen LogP contribution < -0.4 is 5.32 Å². The van der Waals surface area contributed by atoms with E-state index in [0.29, 0.717) is 17.6 Å². The van der Waals surface area contributed by atoms with E-state index in [-0.39, 0.29) is 5.91 Å². The predicted molar refractivity (Wildman–Crippen MR) is 140 cm³/mol. The van der Waals surface area contributed by atoms with E-state index in [4.69, 9.17) is 4.98 Å². The second-order valence-corrected chi connectivity index (χ2v) is 9.41. The Kier molecular flexibility index (Phi) is 6.41. The van der Waals surface area contributed by atoms with Crippen molar-refractivity contribution in [3.63, 3.8) is 0 Å². The van der Waals surface area contributed by atoms with Crippen LogP contribution in [0.5, 0.6) is 0 Å². The monoisotopic (exact) mass is 449 g/mol. The third kappa shape index (κ3) is 4.87. The molecule has 34 heavy (non-hydrogen) atoms. The number of likely N-dealkylation sites (tertiary alicyclic amines) is 1. The van der Waals surface area contributed by atoms with Crippen molar-refractivity contribution in [2.24, 2.45) is 0 Å². The van der Waals surface area contributed by atoms with Crippen molar-refractivity contribution < 1.29 is 4.79 Å². The van der Waals surface area contributed by atoms with Crippen LogP contribution in [0.2, 0.25) is 0 Å². The fourth-order valence-electron chi connectivity index (χ4n) is 4.95. The van der Waals surface area contributed by atoms with Crippen molar-refractivity contribution in [2.45, 2.75) is 51.7 Å². The van der Waals surface area contributed by atoms with Gasteiger partial charge in [-0.3, -0.25) is 14.7 Å². The Morgan fingerprint density at radius 1 is 0.882 bits per heavy atom. The molecular formula is C30H31N3O. The number of hydrogen-bond donors (Lipinski definition) is 1. The SMILES string of the molecule is C[C@@H]1CCC[C@H](C)N1Cc1ccc2cc(NC(=O)c3ccc(-c4ccccc4)cc3)ccc2n1. The fourth-order valence-corrected chi connectivity index (χ4v) is 4.95. The predicted octanol–water partition coefficient (Wildman–Crippen LogP) is 6.92. The first-order valence-electron chi connectivity index (χ1n) is 12.2. The van der Waals surface area contributed by atoms with Crippen molar-refractivity contribution in [3.8, 4) is 11.1 Å². The minimum atomic E-state index is -0.114. The third-order valence-electron chi connectivity index (χ3n) is 6.98. The van der Waals surface area contributed by atoms with Crippen LogP contribution in [-0.2, 0) is 6.54 Å². The molecule has 3 aromatic carbocycles. The van der Waals surface area contributed by atoms with Gasteiger partial charge < -0.3 is 5.32 Å². The van der Waals surface area contributed by atoms with E-state index in [1.165, 1.54) is 19.3 Å². The number of hydrogen-bond acceptors (Lipinski definition) is 3. The van der Waals surface area contributed by atoms with Crippen LogP contribution in [0.4, 0.5) is 5.69 Å². The van der Waals surface area contributed by atoms with Crippen molar-refractivity contribution in [1.82, 2.24) is 9.88 Å². The third-order valence-corrected chi connectivity index (χ3v) is 6.98. The molecule has 4 nitrogen and oxygen atoms in total. The largest absolute Gasteiger partial charge is 0.322 e. The number of nitrogens with one attached hydrogen (secondary N) is 1. The van der Waals surface area contributed by atoms with Gasteiger partial charge in [0, 0.05) is 35.3 Å². The lowest BCUT2D eigenvalue weighted by molar-refractivity contribution is 0.0939. The number of rotatable bonds is 5. The van der Waals surface area contributed by atoms with Gasteiger partial charge in [-0.2, -0.15) is 0 Å². The molecule has 0 spiro atoms. The molecule has 1 N–H and O–H groups in total. The average molecular weight is 450 g/mol. The van der Waals surface area contributed by atoms with Crippen LogP contribution in [-0.4, -0.2) is 27.9 Å². The van der Waals surface area contributed by atoms with Crippen LogP contribution in [0.25, 0.3) is 22.0 Å². The Hall–Kier alpha value is -3.50. The molecule has 1 aromatic heterocycles. The molecule has 4 aromatic rings. The summed E-state index contributed by atoms with van der Waals surface area (Å²) in [6.07, 6.45) is 3.83. The van der Waals surface area contributed by atoms with Gasteiger partial charge in [-0.25, -0.2) is 0 Å². The lowest BCUT2D eigenvalue weighted by Crippen LogP contribution is -2.43. The van der Waals surface area contributed by atoms with E-state index >= 15 is 0 Å². The van der Waals surface area contributed by atoms with E-state index < -0.39 is 0 Å². The van der Waals surface area contributed by atoms with Crippen LogP contribution in [0.3, 0.4) is 0 Å². The number of benzene rings is 3. The van der Waals surface area contributed by atoms with Crippen molar-refractivity contribution >= 4 is 22.5 Å². The summed E-state index contributed by atoms with van der Waals surface area (Å²) < 4.78 is 0. The summed E-state index contributed by atoms with van der Waals surface area (Å²) in [5.41, 5.74) is 5.71. The second kappa shape index (κ2) is 9.78. The first kappa shape index (κ1) is 22.3. The number of nitrogens with zero attached hydrogens (tertiary/aromatic N) is 2. The second-order valence-electron chi connectivity index (χ2n) is 9.41. The Morgan fingerprint density at radius 3 is 2.32 bits per heavy atom. The zero-order valence-corrected chi connectivity index (χ0v) is 19.9. The minimum absolute atomic E-state index is 0.114.